The Morgan fingerprint density at radius 2 is 2.22 bits per heavy atom. The lowest BCUT2D eigenvalue weighted by Gasteiger charge is -2.36. The second kappa shape index (κ2) is 6.27. The summed E-state index contributed by atoms with van der Waals surface area (Å²) in [5, 5.41) is 0. The molecule has 0 spiro atoms. The summed E-state index contributed by atoms with van der Waals surface area (Å²) in [7, 11) is 0. The monoisotopic (exact) mass is 249 g/mol. The molecule has 0 radical (unpaired) electrons. The highest BCUT2D eigenvalue weighted by Crippen LogP contribution is 2.23. The number of aromatic nitrogens is 1. The molecular weight excluding hydrogens is 226 g/mol. The Kier molecular flexibility index (Phi) is 4.69. The number of hydrogen-bond acceptors (Lipinski definition) is 4. The molecule has 1 aromatic heterocycles. The number of hydrogen-bond donors (Lipinski definition) is 1. The minimum Gasteiger partial charge on any atom is -0.379 e. The molecule has 1 aliphatic rings. The first-order chi connectivity index (χ1) is 8.72. The van der Waals surface area contributed by atoms with Crippen molar-refractivity contribution < 1.29 is 4.74 Å². The van der Waals surface area contributed by atoms with Crippen LogP contribution in [0.3, 0.4) is 0 Å². The van der Waals surface area contributed by atoms with E-state index in [0.717, 1.165) is 39.3 Å². The van der Waals surface area contributed by atoms with Crippen molar-refractivity contribution in [3.05, 3.63) is 30.1 Å². The molecule has 0 aromatic carbocycles. The zero-order chi connectivity index (χ0) is 12.8. The van der Waals surface area contributed by atoms with Gasteiger partial charge in [0.15, 0.2) is 0 Å². The van der Waals surface area contributed by atoms with E-state index in [1.54, 1.807) is 0 Å². The van der Waals surface area contributed by atoms with Gasteiger partial charge in [0.25, 0.3) is 0 Å². The van der Waals surface area contributed by atoms with E-state index in [1.807, 2.05) is 18.5 Å². The highest BCUT2D eigenvalue weighted by molar-refractivity contribution is 5.11. The fourth-order valence-electron chi connectivity index (χ4n) is 2.49. The second-order valence-corrected chi connectivity index (χ2v) is 5.44. The molecule has 1 saturated heterocycles. The van der Waals surface area contributed by atoms with Crippen molar-refractivity contribution in [1.82, 2.24) is 9.88 Å². The number of ether oxygens (including phenoxy) is 1. The van der Waals surface area contributed by atoms with Gasteiger partial charge in [-0.25, -0.2) is 0 Å². The Bertz CT molecular complexity index is 351. The third-order valence-electron chi connectivity index (χ3n) is 3.56. The average molecular weight is 249 g/mol. The van der Waals surface area contributed by atoms with Crippen LogP contribution in [-0.2, 0) is 11.2 Å². The first-order valence-electron chi connectivity index (χ1n) is 6.61. The largest absolute Gasteiger partial charge is 0.379 e. The number of pyridine rings is 1. The van der Waals surface area contributed by atoms with Gasteiger partial charge in [0.1, 0.15) is 0 Å². The number of rotatable bonds is 5. The van der Waals surface area contributed by atoms with E-state index in [1.165, 1.54) is 5.56 Å². The van der Waals surface area contributed by atoms with Crippen LogP contribution in [0.4, 0.5) is 0 Å². The molecule has 4 heteroatoms. The molecule has 0 bridgehead atoms. The van der Waals surface area contributed by atoms with Crippen molar-refractivity contribution in [3.63, 3.8) is 0 Å². The summed E-state index contributed by atoms with van der Waals surface area (Å²) in [5.41, 5.74) is 7.37. The fourth-order valence-corrected chi connectivity index (χ4v) is 2.49. The van der Waals surface area contributed by atoms with Gasteiger partial charge < -0.3 is 10.5 Å². The number of morpholine rings is 1. The minimum absolute atomic E-state index is 0.111. The third kappa shape index (κ3) is 3.77. The fraction of sp³-hybridized carbons (Fsp3) is 0.643. The summed E-state index contributed by atoms with van der Waals surface area (Å²) in [6, 6.07) is 4.11. The summed E-state index contributed by atoms with van der Waals surface area (Å²) in [5.74, 6) is 0. The molecule has 1 aliphatic heterocycles. The van der Waals surface area contributed by atoms with E-state index < -0.39 is 0 Å². The van der Waals surface area contributed by atoms with Crippen LogP contribution in [0.15, 0.2) is 24.5 Å². The van der Waals surface area contributed by atoms with Crippen molar-refractivity contribution in [2.45, 2.75) is 13.3 Å². The second-order valence-electron chi connectivity index (χ2n) is 5.44. The molecular formula is C14H23N3O. The Labute approximate surface area is 109 Å². The predicted octanol–water partition coefficient (Wildman–Crippen LogP) is 0.921. The van der Waals surface area contributed by atoms with E-state index in [9.17, 15) is 0 Å². The third-order valence-corrected chi connectivity index (χ3v) is 3.56. The van der Waals surface area contributed by atoms with Crippen molar-refractivity contribution >= 4 is 0 Å². The molecule has 1 fully saturated rings. The van der Waals surface area contributed by atoms with Gasteiger partial charge in [0.2, 0.25) is 0 Å². The first kappa shape index (κ1) is 13.5. The summed E-state index contributed by atoms with van der Waals surface area (Å²) < 4.78 is 5.38. The maximum atomic E-state index is 5.99. The summed E-state index contributed by atoms with van der Waals surface area (Å²) in [6.45, 7) is 7.70. The van der Waals surface area contributed by atoms with Crippen LogP contribution >= 0.6 is 0 Å². The quantitative estimate of drug-likeness (QED) is 0.843. The highest BCUT2D eigenvalue weighted by atomic mass is 16.5. The Hall–Kier alpha value is -0.970. The minimum atomic E-state index is 0.111. The summed E-state index contributed by atoms with van der Waals surface area (Å²) in [4.78, 5) is 6.63. The zero-order valence-corrected chi connectivity index (χ0v) is 11.1. The van der Waals surface area contributed by atoms with Crippen LogP contribution in [0, 0.1) is 5.41 Å². The Morgan fingerprint density at radius 3 is 2.83 bits per heavy atom. The van der Waals surface area contributed by atoms with E-state index in [2.05, 4.69) is 22.9 Å². The van der Waals surface area contributed by atoms with Crippen molar-refractivity contribution in [2.24, 2.45) is 11.1 Å². The Balaban J connectivity index is 1.96. The lowest BCUT2D eigenvalue weighted by molar-refractivity contribution is 0.0198. The molecule has 1 unspecified atom stereocenters. The predicted molar refractivity (Wildman–Crippen MR) is 72.4 cm³/mol. The van der Waals surface area contributed by atoms with Crippen molar-refractivity contribution in [3.8, 4) is 0 Å². The van der Waals surface area contributed by atoms with Gasteiger partial charge in [0, 0.05) is 32.0 Å². The lowest BCUT2D eigenvalue weighted by atomic mass is 9.83. The molecule has 100 valence electrons. The van der Waals surface area contributed by atoms with E-state index >= 15 is 0 Å². The average Bonchev–Trinajstić information content (AvgIpc) is 2.41. The molecule has 2 N–H and O–H groups in total. The van der Waals surface area contributed by atoms with E-state index in [-0.39, 0.29) is 5.41 Å². The maximum absolute atomic E-state index is 5.99. The van der Waals surface area contributed by atoms with Crippen LogP contribution in [0.25, 0.3) is 0 Å². The van der Waals surface area contributed by atoms with Crippen LogP contribution in [0.1, 0.15) is 12.5 Å². The highest BCUT2D eigenvalue weighted by Gasteiger charge is 2.27. The van der Waals surface area contributed by atoms with Crippen LogP contribution in [0.5, 0.6) is 0 Å². The van der Waals surface area contributed by atoms with Gasteiger partial charge in [-0.2, -0.15) is 0 Å². The van der Waals surface area contributed by atoms with E-state index in [4.69, 9.17) is 10.5 Å². The zero-order valence-electron chi connectivity index (χ0n) is 11.1. The molecule has 0 aliphatic carbocycles. The maximum Gasteiger partial charge on any atom is 0.0594 e. The molecule has 0 amide bonds. The van der Waals surface area contributed by atoms with Crippen molar-refractivity contribution in [1.29, 1.82) is 0 Å². The van der Waals surface area contributed by atoms with Crippen molar-refractivity contribution in [2.75, 3.05) is 39.4 Å². The van der Waals surface area contributed by atoms with Gasteiger partial charge in [-0.3, -0.25) is 9.88 Å². The summed E-state index contributed by atoms with van der Waals surface area (Å²) in [6.07, 6.45) is 4.73. The van der Waals surface area contributed by atoms with Gasteiger partial charge in [-0.15, -0.1) is 0 Å². The molecule has 4 nitrogen and oxygen atoms in total. The van der Waals surface area contributed by atoms with Gasteiger partial charge in [0.05, 0.1) is 13.2 Å². The normalized spacial score (nSPS) is 20.6. The molecule has 0 saturated carbocycles. The van der Waals surface area contributed by atoms with Gasteiger partial charge >= 0.3 is 0 Å². The number of nitrogens with zero attached hydrogens (tertiary/aromatic N) is 2. The SMILES string of the molecule is CC(CN)(Cc1cccnc1)CN1CCOCC1. The standard InChI is InChI=1S/C14H23N3O/c1-14(11-15,9-13-3-2-4-16-10-13)12-17-5-7-18-8-6-17/h2-4,10H,5-9,11-12,15H2,1H3. The topological polar surface area (TPSA) is 51.4 Å². The van der Waals surface area contributed by atoms with Gasteiger partial charge in [-0.1, -0.05) is 13.0 Å². The van der Waals surface area contributed by atoms with Crippen LogP contribution < -0.4 is 5.73 Å². The van der Waals surface area contributed by atoms with Gasteiger partial charge in [-0.05, 0) is 30.0 Å². The summed E-state index contributed by atoms with van der Waals surface area (Å²) >= 11 is 0. The first-order valence-corrected chi connectivity index (χ1v) is 6.61. The molecule has 1 aromatic rings. The molecule has 2 rings (SSSR count). The van der Waals surface area contributed by atoms with Crippen LogP contribution in [0.2, 0.25) is 0 Å². The molecule has 1 atom stereocenters. The molecule has 2 heterocycles. The Morgan fingerprint density at radius 1 is 1.44 bits per heavy atom. The smallest absolute Gasteiger partial charge is 0.0594 e. The van der Waals surface area contributed by atoms with E-state index in [0.29, 0.717) is 6.54 Å². The number of nitrogens with two attached hydrogens (primary N) is 1. The molecule has 18 heavy (non-hydrogen) atoms. The van der Waals surface area contributed by atoms with Crippen LogP contribution in [-0.4, -0.2) is 49.3 Å². The lowest BCUT2D eigenvalue weighted by Crippen LogP contribution is -2.46.